The van der Waals surface area contributed by atoms with E-state index >= 15 is 0 Å². The van der Waals surface area contributed by atoms with Gasteiger partial charge in [0.2, 0.25) is 5.91 Å². The normalized spacial score (nSPS) is 17.5. The molecule has 4 aromatic rings. The minimum absolute atomic E-state index is 0.151. The topological polar surface area (TPSA) is 80.4 Å². The number of nitrogens with zero attached hydrogens (tertiary/aromatic N) is 3. The van der Waals surface area contributed by atoms with E-state index in [0.29, 0.717) is 22.8 Å². The number of nitrogens with one attached hydrogen (secondary N) is 1. The molecule has 3 heterocycles. The van der Waals surface area contributed by atoms with Gasteiger partial charge in [0.25, 0.3) is 5.91 Å². The number of aryl methyl sites for hydroxylation is 1. The van der Waals surface area contributed by atoms with E-state index in [0.717, 1.165) is 11.1 Å². The molecule has 5 rings (SSSR count). The molecule has 2 aromatic heterocycles. The zero-order valence-corrected chi connectivity index (χ0v) is 18.8. The number of fused-ring (bicyclic) bond motifs is 1. The Morgan fingerprint density at radius 3 is 2.56 bits per heavy atom. The molecule has 172 valence electrons. The average Bonchev–Trinajstić information content (AvgIpc) is 3.50. The third kappa shape index (κ3) is 3.77. The van der Waals surface area contributed by atoms with Crippen LogP contribution in [0.5, 0.6) is 0 Å². The molecule has 0 saturated carbocycles. The Morgan fingerprint density at radius 2 is 1.88 bits per heavy atom. The summed E-state index contributed by atoms with van der Waals surface area (Å²) in [6, 6.07) is 18.6. The molecular weight excluding hydrogens is 435 g/mol. The van der Waals surface area contributed by atoms with Gasteiger partial charge in [0, 0.05) is 18.3 Å². The molecule has 1 N–H and O–H groups in total. The predicted molar refractivity (Wildman–Crippen MR) is 125 cm³/mol. The number of amides is 2. The molecule has 0 unspecified atom stereocenters. The van der Waals surface area contributed by atoms with Gasteiger partial charge in [0.1, 0.15) is 22.7 Å². The van der Waals surface area contributed by atoms with Crippen LogP contribution in [0.2, 0.25) is 0 Å². The number of aromatic nitrogens is 2. The van der Waals surface area contributed by atoms with E-state index in [1.54, 1.807) is 48.2 Å². The van der Waals surface area contributed by atoms with Crippen LogP contribution in [0.25, 0.3) is 11.5 Å². The van der Waals surface area contributed by atoms with E-state index in [4.69, 9.17) is 4.42 Å². The van der Waals surface area contributed by atoms with Gasteiger partial charge in [-0.3, -0.25) is 19.2 Å². The van der Waals surface area contributed by atoms with E-state index in [1.165, 1.54) is 17.0 Å². The molecule has 7 nitrogen and oxygen atoms in total. The Labute approximate surface area is 195 Å². The maximum Gasteiger partial charge on any atom is 0.277 e. The van der Waals surface area contributed by atoms with Crippen LogP contribution in [-0.2, 0) is 17.9 Å². The molecule has 8 heteroatoms. The lowest BCUT2D eigenvalue weighted by atomic mass is 9.93. The summed E-state index contributed by atoms with van der Waals surface area (Å²) in [4.78, 5) is 28.8. The molecule has 0 radical (unpaired) electrons. The summed E-state index contributed by atoms with van der Waals surface area (Å²) in [5.74, 6) is -0.477. The summed E-state index contributed by atoms with van der Waals surface area (Å²) < 4.78 is 20.2. The molecule has 0 spiro atoms. The summed E-state index contributed by atoms with van der Waals surface area (Å²) in [7, 11) is 0. The van der Waals surface area contributed by atoms with Crippen LogP contribution in [0.1, 0.15) is 28.5 Å². The Kier molecular flexibility index (Phi) is 5.28. The van der Waals surface area contributed by atoms with Gasteiger partial charge < -0.3 is 9.73 Å². The first-order chi connectivity index (χ1) is 16.3. The van der Waals surface area contributed by atoms with Gasteiger partial charge in [-0.15, -0.1) is 0 Å². The molecule has 0 bridgehead atoms. The first-order valence-electron chi connectivity index (χ1n) is 10.9. The largest absolute Gasteiger partial charge is 0.463 e. The van der Waals surface area contributed by atoms with Gasteiger partial charge in [-0.25, -0.2) is 4.39 Å². The summed E-state index contributed by atoms with van der Waals surface area (Å²) in [5.41, 5.74) is 2.04. The Morgan fingerprint density at radius 1 is 1.15 bits per heavy atom. The van der Waals surface area contributed by atoms with Crippen molar-refractivity contribution in [1.82, 2.24) is 15.1 Å². The highest BCUT2D eigenvalue weighted by atomic mass is 19.1. The van der Waals surface area contributed by atoms with Gasteiger partial charge in [-0.05, 0) is 55.8 Å². The monoisotopic (exact) mass is 458 g/mol. The van der Waals surface area contributed by atoms with Crippen molar-refractivity contribution in [3.05, 3.63) is 95.6 Å². The number of rotatable bonds is 5. The number of anilines is 1. The molecular formula is C26H23FN4O3. The zero-order chi connectivity index (χ0) is 23.9. The minimum atomic E-state index is -1.26. The maximum atomic E-state index is 13.7. The van der Waals surface area contributed by atoms with E-state index < -0.39 is 5.54 Å². The Bertz CT molecular complexity index is 1340. The lowest BCUT2D eigenvalue weighted by Crippen LogP contribution is -2.64. The van der Waals surface area contributed by atoms with Crippen molar-refractivity contribution in [2.24, 2.45) is 0 Å². The second-order valence-corrected chi connectivity index (χ2v) is 8.61. The number of furan rings is 1. The number of carbonyl (C=O) groups excluding carboxylic acids is 2. The molecule has 1 atom stereocenters. The first-order valence-corrected chi connectivity index (χ1v) is 10.9. The second-order valence-electron chi connectivity index (χ2n) is 8.61. The summed E-state index contributed by atoms with van der Waals surface area (Å²) in [6.07, 6.45) is 1.54. The minimum Gasteiger partial charge on any atom is -0.463 e. The molecule has 1 aliphatic heterocycles. The lowest BCUT2D eigenvalue weighted by molar-refractivity contribution is -0.126. The van der Waals surface area contributed by atoms with Crippen LogP contribution in [0.3, 0.4) is 0 Å². The highest BCUT2D eigenvalue weighted by Gasteiger charge is 2.48. The standard InChI is InChI=1S/C26H23FN4O3/c1-17-5-11-20(12-6-17)31-24(32)22-14-21(23-4-3-13-34-23)29-30(22)16-26(31,2)25(33)28-15-18-7-9-19(27)10-8-18/h3-14H,15-16H2,1-2H3,(H,28,33)/t26-/m1/s1. The molecule has 0 saturated heterocycles. The third-order valence-corrected chi connectivity index (χ3v) is 6.07. The number of hydrogen-bond acceptors (Lipinski definition) is 4. The van der Waals surface area contributed by atoms with Crippen molar-refractivity contribution in [3.8, 4) is 11.5 Å². The van der Waals surface area contributed by atoms with Crippen molar-refractivity contribution in [1.29, 1.82) is 0 Å². The SMILES string of the molecule is Cc1ccc(N2C(=O)c3cc(-c4ccco4)nn3C[C@]2(C)C(=O)NCc2ccc(F)cc2)cc1. The van der Waals surface area contributed by atoms with Gasteiger partial charge in [0.15, 0.2) is 5.76 Å². The van der Waals surface area contributed by atoms with Crippen molar-refractivity contribution in [2.45, 2.75) is 32.5 Å². The number of benzene rings is 2. The van der Waals surface area contributed by atoms with Gasteiger partial charge in [0.05, 0.1) is 12.8 Å². The number of halogens is 1. The van der Waals surface area contributed by atoms with Crippen LogP contribution in [0, 0.1) is 12.7 Å². The van der Waals surface area contributed by atoms with Crippen molar-refractivity contribution < 1.29 is 18.4 Å². The summed E-state index contributed by atoms with van der Waals surface area (Å²) in [6.45, 7) is 4.04. The van der Waals surface area contributed by atoms with Crippen LogP contribution < -0.4 is 10.2 Å². The van der Waals surface area contributed by atoms with E-state index in [1.807, 2.05) is 31.2 Å². The van der Waals surface area contributed by atoms with Crippen LogP contribution in [0.4, 0.5) is 10.1 Å². The first kappa shape index (κ1) is 21.6. The second kappa shape index (κ2) is 8.30. The fourth-order valence-electron chi connectivity index (χ4n) is 4.20. The zero-order valence-electron chi connectivity index (χ0n) is 18.8. The highest BCUT2D eigenvalue weighted by Crippen LogP contribution is 2.34. The molecule has 0 aliphatic carbocycles. The number of carbonyl (C=O) groups is 2. The third-order valence-electron chi connectivity index (χ3n) is 6.07. The fraction of sp³-hybridized carbons (Fsp3) is 0.192. The fourth-order valence-corrected chi connectivity index (χ4v) is 4.20. The molecule has 0 fully saturated rings. The molecule has 2 aromatic carbocycles. The quantitative estimate of drug-likeness (QED) is 0.483. The van der Waals surface area contributed by atoms with Crippen molar-refractivity contribution >= 4 is 17.5 Å². The smallest absolute Gasteiger partial charge is 0.277 e. The van der Waals surface area contributed by atoms with Crippen molar-refractivity contribution in [3.63, 3.8) is 0 Å². The van der Waals surface area contributed by atoms with Gasteiger partial charge >= 0.3 is 0 Å². The molecule has 34 heavy (non-hydrogen) atoms. The molecule has 2 amide bonds. The van der Waals surface area contributed by atoms with Gasteiger partial charge in [-0.2, -0.15) is 5.10 Å². The van der Waals surface area contributed by atoms with Crippen LogP contribution in [0.15, 0.2) is 77.4 Å². The predicted octanol–water partition coefficient (Wildman–Crippen LogP) is 4.33. The van der Waals surface area contributed by atoms with Crippen LogP contribution >= 0.6 is 0 Å². The van der Waals surface area contributed by atoms with E-state index in [2.05, 4.69) is 10.4 Å². The Hall–Kier alpha value is -4.20. The highest BCUT2D eigenvalue weighted by molar-refractivity contribution is 6.12. The van der Waals surface area contributed by atoms with Crippen LogP contribution in [-0.4, -0.2) is 27.1 Å². The summed E-state index contributed by atoms with van der Waals surface area (Å²) >= 11 is 0. The van der Waals surface area contributed by atoms with Crippen molar-refractivity contribution in [2.75, 3.05) is 4.90 Å². The average molecular weight is 458 g/mol. The van der Waals surface area contributed by atoms with E-state index in [9.17, 15) is 14.0 Å². The summed E-state index contributed by atoms with van der Waals surface area (Å²) in [5, 5.41) is 7.46. The lowest BCUT2D eigenvalue weighted by Gasteiger charge is -2.43. The van der Waals surface area contributed by atoms with Gasteiger partial charge in [-0.1, -0.05) is 29.8 Å². The molecule has 1 aliphatic rings. The Balaban J connectivity index is 1.52. The maximum absolute atomic E-state index is 13.7. The van der Waals surface area contributed by atoms with E-state index in [-0.39, 0.29) is 30.7 Å². The number of hydrogen-bond donors (Lipinski definition) is 1.